The van der Waals surface area contributed by atoms with Gasteiger partial charge in [0.2, 0.25) is 0 Å². The molecule has 0 rings (SSSR count). The molecule has 0 spiro atoms. The highest BCUT2D eigenvalue weighted by Gasteiger charge is 2.36. The zero-order valence-corrected chi connectivity index (χ0v) is 12.3. The van der Waals surface area contributed by atoms with Crippen molar-refractivity contribution in [2.45, 2.75) is 71.5 Å². The van der Waals surface area contributed by atoms with Crippen molar-refractivity contribution in [2.24, 2.45) is 11.3 Å². The summed E-state index contributed by atoms with van der Waals surface area (Å²) in [4.78, 5) is 22.2. The highest BCUT2D eigenvalue weighted by Crippen LogP contribution is 2.33. The van der Waals surface area contributed by atoms with Crippen LogP contribution >= 0.6 is 0 Å². The molecule has 0 bridgehead atoms. The van der Waals surface area contributed by atoms with E-state index in [1.165, 1.54) is 0 Å². The molecule has 2 N–H and O–H groups in total. The maximum absolute atomic E-state index is 11.4. The van der Waals surface area contributed by atoms with Gasteiger partial charge in [0.1, 0.15) is 12.6 Å². The number of aliphatic hydroxyl groups excluding tert-OH is 2. The quantitative estimate of drug-likeness (QED) is 0.565. The Morgan fingerprint density at radius 2 is 1.74 bits per heavy atom. The third-order valence-electron chi connectivity index (χ3n) is 4.16. The average molecular weight is 272 g/mol. The van der Waals surface area contributed by atoms with E-state index in [9.17, 15) is 19.8 Å². The van der Waals surface area contributed by atoms with Gasteiger partial charge in [-0.3, -0.25) is 0 Å². The van der Waals surface area contributed by atoms with Gasteiger partial charge in [0.05, 0.1) is 17.6 Å². The molecule has 4 nitrogen and oxygen atoms in total. The average Bonchev–Trinajstić information content (AvgIpc) is 2.42. The number of hydrogen-bond acceptors (Lipinski definition) is 4. The summed E-state index contributed by atoms with van der Waals surface area (Å²) in [6.07, 6.45) is 3.47. The van der Waals surface area contributed by atoms with Crippen molar-refractivity contribution >= 4 is 12.6 Å². The fourth-order valence-electron chi connectivity index (χ4n) is 2.45. The maximum Gasteiger partial charge on any atom is 0.128 e. The lowest BCUT2D eigenvalue weighted by Gasteiger charge is -2.33. The Morgan fingerprint density at radius 3 is 2.11 bits per heavy atom. The first-order valence-corrected chi connectivity index (χ1v) is 7.28. The van der Waals surface area contributed by atoms with Crippen molar-refractivity contribution in [1.82, 2.24) is 0 Å². The van der Waals surface area contributed by atoms with Gasteiger partial charge in [-0.2, -0.15) is 0 Å². The van der Waals surface area contributed by atoms with Crippen LogP contribution in [0.3, 0.4) is 0 Å². The van der Waals surface area contributed by atoms with E-state index in [1.807, 2.05) is 20.8 Å². The van der Waals surface area contributed by atoms with E-state index in [0.29, 0.717) is 32.1 Å². The molecule has 0 saturated heterocycles. The van der Waals surface area contributed by atoms with Crippen LogP contribution in [0, 0.1) is 11.3 Å². The van der Waals surface area contributed by atoms with Crippen molar-refractivity contribution in [3.63, 3.8) is 0 Å². The van der Waals surface area contributed by atoms with E-state index >= 15 is 0 Å². The van der Waals surface area contributed by atoms with E-state index in [0.717, 1.165) is 19.0 Å². The van der Waals surface area contributed by atoms with Gasteiger partial charge < -0.3 is 19.8 Å². The van der Waals surface area contributed by atoms with Crippen LogP contribution in [-0.2, 0) is 9.59 Å². The molecule has 0 radical (unpaired) electrons. The summed E-state index contributed by atoms with van der Waals surface area (Å²) in [6, 6.07) is 0. The van der Waals surface area contributed by atoms with Crippen LogP contribution in [0.2, 0.25) is 0 Å². The zero-order chi connectivity index (χ0) is 14.9. The summed E-state index contributed by atoms with van der Waals surface area (Å²) in [5, 5.41) is 20.1. The molecule has 0 aromatic carbocycles. The molecule has 0 heterocycles. The highest BCUT2D eigenvalue weighted by molar-refractivity contribution is 5.60. The monoisotopic (exact) mass is 272 g/mol. The molecular formula is C15H28O4. The lowest BCUT2D eigenvalue weighted by atomic mass is 9.74. The van der Waals surface area contributed by atoms with E-state index in [2.05, 4.69) is 0 Å². The second kappa shape index (κ2) is 9.21. The molecule has 0 aliphatic rings. The molecule has 4 unspecified atom stereocenters. The first kappa shape index (κ1) is 18.3. The van der Waals surface area contributed by atoms with Crippen LogP contribution in [0.1, 0.15) is 59.3 Å². The Hall–Kier alpha value is -0.740. The Morgan fingerprint density at radius 1 is 1.11 bits per heavy atom. The Balaban J connectivity index is 4.67. The van der Waals surface area contributed by atoms with Crippen LogP contribution in [0.4, 0.5) is 0 Å². The fraction of sp³-hybridized carbons (Fsp3) is 0.867. The standard InChI is InChI=1S/C15H28O4/c1-4-7-14(19)15(6-3,11-17)9-8-13(18)12(5-2)10-16/h10-14,18-19H,4-9H2,1-3H3. The molecule has 19 heavy (non-hydrogen) atoms. The molecule has 0 aromatic rings. The third kappa shape index (κ3) is 5.03. The van der Waals surface area contributed by atoms with Gasteiger partial charge in [-0.05, 0) is 32.1 Å². The van der Waals surface area contributed by atoms with Crippen molar-refractivity contribution < 1.29 is 19.8 Å². The van der Waals surface area contributed by atoms with Gasteiger partial charge in [0.25, 0.3) is 0 Å². The molecule has 0 amide bonds. The van der Waals surface area contributed by atoms with Crippen molar-refractivity contribution in [1.29, 1.82) is 0 Å². The van der Waals surface area contributed by atoms with Crippen LogP contribution in [0.15, 0.2) is 0 Å². The summed E-state index contributed by atoms with van der Waals surface area (Å²) in [5.41, 5.74) is -0.793. The van der Waals surface area contributed by atoms with Crippen LogP contribution in [-0.4, -0.2) is 35.0 Å². The SMILES string of the molecule is CCCC(O)C(C=O)(CC)CCC(O)C(C=O)CC. The highest BCUT2D eigenvalue weighted by atomic mass is 16.3. The molecule has 4 heteroatoms. The minimum absolute atomic E-state index is 0.366. The summed E-state index contributed by atoms with van der Waals surface area (Å²) in [5.74, 6) is -0.385. The second-order valence-corrected chi connectivity index (χ2v) is 5.32. The van der Waals surface area contributed by atoms with Crippen LogP contribution < -0.4 is 0 Å². The number of aliphatic hydroxyl groups is 2. The lowest BCUT2D eigenvalue weighted by Crippen LogP contribution is -2.38. The minimum atomic E-state index is -0.793. The largest absolute Gasteiger partial charge is 0.392 e. The molecule has 4 atom stereocenters. The van der Waals surface area contributed by atoms with E-state index in [-0.39, 0.29) is 5.92 Å². The number of aldehydes is 2. The fourth-order valence-corrected chi connectivity index (χ4v) is 2.45. The van der Waals surface area contributed by atoms with Gasteiger partial charge >= 0.3 is 0 Å². The predicted octanol–water partition coefficient (Wildman–Crippen LogP) is 2.11. The summed E-state index contributed by atoms with van der Waals surface area (Å²) >= 11 is 0. The molecule has 0 aliphatic heterocycles. The molecule has 0 fully saturated rings. The molecule has 0 aromatic heterocycles. The number of carbonyl (C=O) groups is 2. The van der Waals surface area contributed by atoms with Crippen molar-refractivity contribution in [2.75, 3.05) is 0 Å². The van der Waals surface area contributed by atoms with Gasteiger partial charge in [0, 0.05) is 5.92 Å². The predicted molar refractivity (Wildman–Crippen MR) is 74.8 cm³/mol. The topological polar surface area (TPSA) is 74.6 Å². The number of rotatable bonds is 11. The Kier molecular flexibility index (Phi) is 8.85. The summed E-state index contributed by atoms with van der Waals surface area (Å²) in [6.45, 7) is 5.68. The van der Waals surface area contributed by atoms with Gasteiger partial charge in [0.15, 0.2) is 0 Å². The minimum Gasteiger partial charge on any atom is -0.392 e. The number of hydrogen-bond donors (Lipinski definition) is 2. The van der Waals surface area contributed by atoms with E-state index < -0.39 is 17.6 Å². The lowest BCUT2D eigenvalue weighted by molar-refractivity contribution is -0.125. The molecular weight excluding hydrogens is 244 g/mol. The van der Waals surface area contributed by atoms with Crippen LogP contribution in [0.5, 0.6) is 0 Å². The molecule has 112 valence electrons. The Labute approximate surface area is 116 Å². The maximum atomic E-state index is 11.4. The summed E-state index contributed by atoms with van der Waals surface area (Å²) in [7, 11) is 0. The summed E-state index contributed by atoms with van der Waals surface area (Å²) < 4.78 is 0. The normalized spacial score (nSPS) is 19.2. The Bertz CT molecular complexity index is 267. The van der Waals surface area contributed by atoms with E-state index in [1.54, 1.807) is 0 Å². The van der Waals surface area contributed by atoms with Crippen molar-refractivity contribution in [3.8, 4) is 0 Å². The smallest absolute Gasteiger partial charge is 0.128 e. The number of carbonyl (C=O) groups excluding carboxylic acids is 2. The zero-order valence-electron chi connectivity index (χ0n) is 12.3. The third-order valence-corrected chi connectivity index (χ3v) is 4.16. The van der Waals surface area contributed by atoms with Crippen LogP contribution in [0.25, 0.3) is 0 Å². The first-order valence-electron chi connectivity index (χ1n) is 7.28. The van der Waals surface area contributed by atoms with Crippen molar-refractivity contribution in [3.05, 3.63) is 0 Å². The molecule has 0 saturated carbocycles. The second-order valence-electron chi connectivity index (χ2n) is 5.32. The van der Waals surface area contributed by atoms with Gasteiger partial charge in [-0.25, -0.2) is 0 Å². The van der Waals surface area contributed by atoms with Gasteiger partial charge in [-0.15, -0.1) is 0 Å². The van der Waals surface area contributed by atoms with Gasteiger partial charge in [-0.1, -0.05) is 27.2 Å². The first-order chi connectivity index (χ1) is 9.01. The van der Waals surface area contributed by atoms with E-state index in [4.69, 9.17) is 0 Å². The molecule has 0 aliphatic carbocycles.